The Bertz CT molecular complexity index is 248. The Morgan fingerprint density at radius 2 is 1.19 bits per heavy atom. The molecular weight excluding hydrogens is 340 g/mol. The van der Waals surface area contributed by atoms with E-state index in [1.807, 2.05) is 11.8 Å². The van der Waals surface area contributed by atoms with Gasteiger partial charge < -0.3 is 9.47 Å². The van der Waals surface area contributed by atoms with Crippen LogP contribution in [0.3, 0.4) is 0 Å². The lowest BCUT2D eigenvalue weighted by atomic mass is 10.1. The highest BCUT2D eigenvalue weighted by Crippen LogP contribution is 2.13. The summed E-state index contributed by atoms with van der Waals surface area (Å²) in [5.74, 6) is 1.34. The van der Waals surface area contributed by atoms with Gasteiger partial charge >= 0.3 is 0 Å². The molecule has 0 N–H and O–H groups in total. The first kappa shape index (κ1) is 26.3. The van der Waals surface area contributed by atoms with Crippen molar-refractivity contribution >= 4 is 11.8 Å². The Morgan fingerprint density at radius 1 is 0.654 bits per heavy atom. The van der Waals surface area contributed by atoms with Crippen LogP contribution in [0, 0.1) is 0 Å². The maximum absolute atomic E-state index is 5.83. The first-order chi connectivity index (χ1) is 12.8. The molecular formula is C23H48O2S. The lowest BCUT2D eigenvalue weighted by molar-refractivity contribution is -0.0197. The van der Waals surface area contributed by atoms with E-state index in [1.54, 1.807) is 0 Å². The van der Waals surface area contributed by atoms with Crippen LogP contribution in [-0.4, -0.2) is 37.9 Å². The Kier molecular flexibility index (Phi) is 23.6. The Morgan fingerprint density at radius 3 is 1.69 bits per heavy atom. The van der Waals surface area contributed by atoms with Crippen molar-refractivity contribution in [3.8, 4) is 0 Å². The number of ether oxygens (including phenoxy) is 2. The van der Waals surface area contributed by atoms with Gasteiger partial charge in [0.25, 0.3) is 0 Å². The van der Waals surface area contributed by atoms with Gasteiger partial charge in [-0.05, 0) is 37.7 Å². The standard InChI is InChI=1S/C23H48O2S/c1-4-6-20-25-23(5-2)22-24-19-17-15-13-11-9-7-8-10-12-14-16-18-21-26-3/h23H,4-22H2,1-3H3. The molecule has 0 spiro atoms. The van der Waals surface area contributed by atoms with Gasteiger partial charge in [-0.1, -0.05) is 84.5 Å². The molecule has 0 fully saturated rings. The maximum atomic E-state index is 5.83. The van der Waals surface area contributed by atoms with E-state index in [-0.39, 0.29) is 0 Å². The maximum Gasteiger partial charge on any atom is 0.0805 e. The van der Waals surface area contributed by atoms with Crippen molar-refractivity contribution in [2.45, 2.75) is 116 Å². The molecule has 0 heterocycles. The minimum Gasteiger partial charge on any atom is -0.379 e. The fourth-order valence-electron chi connectivity index (χ4n) is 3.11. The number of unbranched alkanes of at least 4 members (excludes halogenated alkanes) is 12. The van der Waals surface area contributed by atoms with Crippen molar-refractivity contribution in [3.63, 3.8) is 0 Å². The second-order valence-electron chi connectivity index (χ2n) is 7.56. The zero-order chi connectivity index (χ0) is 19.1. The fraction of sp³-hybridized carbons (Fsp3) is 1.00. The van der Waals surface area contributed by atoms with E-state index >= 15 is 0 Å². The van der Waals surface area contributed by atoms with Crippen molar-refractivity contribution in [3.05, 3.63) is 0 Å². The summed E-state index contributed by atoms with van der Waals surface area (Å²) in [4.78, 5) is 0. The van der Waals surface area contributed by atoms with Crippen LogP contribution < -0.4 is 0 Å². The lowest BCUT2D eigenvalue weighted by Crippen LogP contribution is -2.20. The van der Waals surface area contributed by atoms with Gasteiger partial charge in [0, 0.05) is 13.2 Å². The van der Waals surface area contributed by atoms with Crippen LogP contribution in [0.1, 0.15) is 110 Å². The first-order valence-corrected chi connectivity index (χ1v) is 12.9. The fourth-order valence-corrected chi connectivity index (χ4v) is 3.60. The van der Waals surface area contributed by atoms with Crippen molar-refractivity contribution in [2.75, 3.05) is 31.8 Å². The summed E-state index contributed by atoms with van der Waals surface area (Å²) in [7, 11) is 0. The number of hydrogen-bond donors (Lipinski definition) is 0. The Balaban J connectivity index is 3.14. The van der Waals surface area contributed by atoms with Crippen molar-refractivity contribution in [1.82, 2.24) is 0 Å². The molecule has 2 nitrogen and oxygen atoms in total. The average molecular weight is 389 g/mol. The number of thioether (sulfide) groups is 1. The van der Waals surface area contributed by atoms with Crippen LogP contribution >= 0.6 is 11.8 Å². The van der Waals surface area contributed by atoms with Gasteiger partial charge in [0.1, 0.15) is 0 Å². The minimum absolute atomic E-state index is 0.298. The predicted octanol–water partition coefficient (Wildman–Crippen LogP) is 7.64. The molecule has 158 valence electrons. The highest BCUT2D eigenvalue weighted by Gasteiger charge is 2.05. The number of hydrogen-bond acceptors (Lipinski definition) is 3. The van der Waals surface area contributed by atoms with E-state index in [0.717, 1.165) is 32.7 Å². The van der Waals surface area contributed by atoms with E-state index in [0.29, 0.717) is 6.10 Å². The molecule has 0 aliphatic heterocycles. The van der Waals surface area contributed by atoms with Gasteiger partial charge in [-0.15, -0.1) is 0 Å². The highest BCUT2D eigenvalue weighted by molar-refractivity contribution is 7.98. The van der Waals surface area contributed by atoms with Gasteiger partial charge in [-0.3, -0.25) is 0 Å². The van der Waals surface area contributed by atoms with E-state index in [2.05, 4.69) is 20.1 Å². The topological polar surface area (TPSA) is 18.5 Å². The molecule has 0 rings (SSSR count). The van der Waals surface area contributed by atoms with E-state index in [4.69, 9.17) is 9.47 Å². The summed E-state index contributed by atoms with van der Waals surface area (Å²) in [5, 5.41) is 0. The van der Waals surface area contributed by atoms with Crippen LogP contribution in [0.4, 0.5) is 0 Å². The zero-order valence-electron chi connectivity index (χ0n) is 18.2. The smallest absolute Gasteiger partial charge is 0.0805 e. The predicted molar refractivity (Wildman–Crippen MR) is 120 cm³/mol. The Hall–Kier alpha value is 0.270. The number of rotatable bonds is 22. The molecule has 0 aromatic rings. The molecule has 0 aliphatic carbocycles. The second-order valence-corrected chi connectivity index (χ2v) is 8.55. The van der Waals surface area contributed by atoms with Gasteiger partial charge in [0.05, 0.1) is 12.7 Å². The van der Waals surface area contributed by atoms with Crippen LogP contribution in [0.2, 0.25) is 0 Å². The normalized spacial score (nSPS) is 12.6. The van der Waals surface area contributed by atoms with Crippen LogP contribution in [0.5, 0.6) is 0 Å². The summed E-state index contributed by atoms with van der Waals surface area (Å²) < 4.78 is 11.6. The third-order valence-electron chi connectivity index (χ3n) is 5.00. The molecule has 26 heavy (non-hydrogen) atoms. The summed E-state index contributed by atoms with van der Waals surface area (Å²) in [5.41, 5.74) is 0. The van der Waals surface area contributed by atoms with Gasteiger partial charge in [-0.25, -0.2) is 0 Å². The van der Waals surface area contributed by atoms with Crippen LogP contribution in [0.15, 0.2) is 0 Å². The summed E-state index contributed by atoms with van der Waals surface area (Å²) in [6, 6.07) is 0. The van der Waals surface area contributed by atoms with Crippen LogP contribution in [0.25, 0.3) is 0 Å². The van der Waals surface area contributed by atoms with Gasteiger partial charge in [0.15, 0.2) is 0 Å². The van der Waals surface area contributed by atoms with Crippen molar-refractivity contribution in [1.29, 1.82) is 0 Å². The van der Waals surface area contributed by atoms with Gasteiger partial charge in [-0.2, -0.15) is 11.8 Å². The van der Waals surface area contributed by atoms with E-state index in [1.165, 1.54) is 89.2 Å². The van der Waals surface area contributed by atoms with E-state index in [9.17, 15) is 0 Å². The molecule has 0 saturated carbocycles. The second kappa shape index (κ2) is 23.3. The third-order valence-corrected chi connectivity index (χ3v) is 5.69. The van der Waals surface area contributed by atoms with Gasteiger partial charge in [0.2, 0.25) is 0 Å². The SMILES string of the molecule is CCCCOC(CC)COCCCCCCCCCCCCCCSC. The molecule has 0 aromatic carbocycles. The van der Waals surface area contributed by atoms with Crippen molar-refractivity contribution in [2.24, 2.45) is 0 Å². The average Bonchev–Trinajstić information content (AvgIpc) is 2.66. The monoisotopic (exact) mass is 388 g/mol. The molecule has 0 bridgehead atoms. The van der Waals surface area contributed by atoms with E-state index < -0.39 is 0 Å². The molecule has 1 unspecified atom stereocenters. The molecule has 0 aliphatic rings. The largest absolute Gasteiger partial charge is 0.379 e. The van der Waals surface area contributed by atoms with Crippen LogP contribution in [-0.2, 0) is 9.47 Å². The molecule has 0 amide bonds. The summed E-state index contributed by atoms with van der Waals surface area (Å²) in [6.07, 6.45) is 22.8. The molecule has 1 atom stereocenters. The van der Waals surface area contributed by atoms with Crippen molar-refractivity contribution < 1.29 is 9.47 Å². The minimum atomic E-state index is 0.298. The Labute approximate surface area is 169 Å². The zero-order valence-corrected chi connectivity index (χ0v) is 19.1. The molecule has 0 saturated heterocycles. The molecule has 0 aromatic heterocycles. The third kappa shape index (κ3) is 20.6. The first-order valence-electron chi connectivity index (χ1n) is 11.5. The summed E-state index contributed by atoms with van der Waals surface area (Å²) >= 11 is 1.98. The highest BCUT2D eigenvalue weighted by atomic mass is 32.2. The molecule has 3 heteroatoms. The molecule has 0 radical (unpaired) electrons. The lowest BCUT2D eigenvalue weighted by Gasteiger charge is -2.16. The quantitative estimate of drug-likeness (QED) is 0.177. The summed E-state index contributed by atoms with van der Waals surface area (Å²) in [6.45, 7) is 6.96.